The molecule has 0 aliphatic heterocycles. The van der Waals surface area contributed by atoms with Gasteiger partial charge in [0.25, 0.3) is 0 Å². The van der Waals surface area contributed by atoms with Gasteiger partial charge in [0.2, 0.25) is 0 Å². The summed E-state index contributed by atoms with van der Waals surface area (Å²) in [5.74, 6) is -1.03. The van der Waals surface area contributed by atoms with Crippen molar-refractivity contribution in [3.05, 3.63) is 59.7 Å². The third kappa shape index (κ3) is 4.65. The van der Waals surface area contributed by atoms with Gasteiger partial charge in [0.15, 0.2) is 0 Å². The summed E-state index contributed by atoms with van der Waals surface area (Å²) in [5.41, 5.74) is 1.20. The topological polar surface area (TPSA) is 83.8 Å². The first kappa shape index (κ1) is 14.6. The Morgan fingerprint density at radius 3 is 2.29 bits per heavy atom. The molecule has 5 nitrogen and oxygen atoms in total. The number of benzene rings is 2. The molecule has 0 radical (unpaired) electrons. The minimum atomic E-state index is -0.946. The first-order valence-electron chi connectivity index (χ1n) is 6.32. The van der Waals surface area contributed by atoms with Gasteiger partial charge in [-0.05, 0) is 35.4 Å². The Morgan fingerprint density at radius 1 is 0.952 bits per heavy atom. The molecule has 2 rings (SSSR count). The normalized spacial score (nSPS) is 10.1. The van der Waals surface area contributed by atoms with Crippen LogP contribution in [0.5, 0.6) is 11.5 Å². The molecule has 0 heterocycles. The Bertz CT molecular complexity index is 663. The van der Waals surface area contributed by atoms with Gasteiger partial charge in [0.05, 0.1) is 12.8 Å². The highest BCUT2D eigenvalue weighted by molar-refractivity contribution is 5.75. The molecule has 2 N–H and O–H groups in total. The fourth-order valence-corrected chi connectivity index (χ4v) is 1.89. The van der Waals surface area contributed by atoms with E-state index in [0.717, 1.165) is 0 Å². The maximum absolute atomic E-state index is 11.8. The predicted molar refractivity (Wildman–Crippen MR) is 75.2 cm³/mol. The van der Waals surface area contributed by atoms with Crippen molar-refractivity contribution in [1.82, 2.24) is 0 Å². The Balaban J connectivity index is 2.01. The van der Waals surface area contributed by atoms with Crippen molar-refractivity contribution in [1.29, 1.82) is 0 Å². The molecule has 0 aliphatic carbocycles. The maximum Gasteiger partial charge on any atom is 0.315 e. The van der Waals surface area contributed by atoms with Gasteiger partial charge in [0.1, 0.15) is 11.5 Å². The van der Waals surface area contributed by atoms with Gasteiger partial charge in [-0.15, -0.1) is 0 Å². The van der Waals surface area contributed by atoms with Crippen molar-refractivity contribution in [2.45, 2.75) is 12.8 Å². The number of carboxylic acid groups (broad SMARTS) is 1. The number of carbonyl (C=O) groups excluding carboxylic acids is 1. The smallest absolute Gasteiger partial charge is 0.315 e. The lowest BCUT2D eigenvalue weighted by Gasteiger charge is -2.06. The number of aromatic hydroxyl groups is 1. The Labute approximate surface area is 121 Å². The number of phenolic OH excluding ortho intramolecular Hbond substituents is 1. The lowest BCUT2D eigenvalue weighted by molar-refractivity contribution is -0.136. The minimum Gasteiger partial charge on any atom is -0.508 e. The Kier molecular flexibility index (Phi) is 4.56. The molecular weight excluding hydrogens is 272 g/mol. The van der Waals surface area contributed by atoms with E-state index in [1.165, 1.54) is 18.2 Å². The molecule has 2 aromatic rings. The molecule has 0 atom stereocenters. The number of aliphatic carboxylic acids is 1. The molecule has 21 heavy (non-hydrogen) atoms. The highest BCUT2D eigenvalue weighted by atomic mass is 16.5. The molecule has 108 valence electrons. The number of hydrogen-bond donors (Lipinski definition) is 2. The molecule has 0 fully saturated rings. The van der Waals surface area contributed by atoms with E-state index in [4.69, 9.17) is 9.84 Å². The second-order valence-corrected chi connectivity index (χ2v) is 4.54. The monoisotopic (exact) mass is 286 g/mol. The number of phenols is 1. The average molecular weight is 286 g/mol. The van der Waals surface area contributed by atoms with E-state index in [9.17, 15) is 14.7 Å². The van der Waals surface area contributed by atoms with Crippen molar-refractivity contribution in [2.24, 2.45) is 0 Å². The van der Waals surface area contributed by atoms with Crippen LogP contribution in [0.1, 0.15) is 11.1 Å². The molecule has 0 saturated heterocycles. The van der Waals surface area contributed by atoms with E-state index in [0.29, 0.717) is 16.9 Å². The third-order valence-corrected chi connectivity index (χ3v) is 2.74. The van der Waals surface area contributed by atoms with Gasteiger partial charge in [-0.25, -0.2) is 0 Å². The SMILES string of the molecule is O=C(O)Cc1cccc(OC(=O)Cc2cccc(O)c2)c1. The van der Waals surface area contributed by atoms with Crippen LogP contribution in [-0.2, 0) is 22.4 Å². The molecule has 0 aliphatic rings. The zero-order valence-corrected chi connectivity index (χ0v) is 11.2. The van der Waals surface area contributed by atoms with Crippen molar-refractivity contribution in [3.63, 3.8) is 0 Å². The van der Waals surface area contributed by atoms with Crippen molar-refractivity contribution in [3.8, 4) is 11.5 Å². The van der Waals surface area contributed by atoms with E-state index in [-0.39, 0.29) is 18.6 Å². The van der Waals surface area contributed by atoms with Gasteiger partial charge in [-0.1, -0.05) is 24.3 Å². The summed E-state index contributed by atoms with van der Waals surface area (Å²) >= 11 is 0. The summed E-state index contributed by atoms with van der Waals surface area (Å²) in [6.07, 6.45) is -0.102. The van der Waals surface area contributed by atoms with E-state index >= 15 is 0 Å². The zero-order valence-electron chi connectivity index (χ0n) is 11.2. The molecule has 0 unspecified atom stereocenters. The van der Waals surface area contributed by atoms with Crippen LogP contribution in [0.2, 0.25) is 0 Å². The molecule has 5 heteroatoms. The molecule has 2 aromatic carbocycles. The van der Waals surface area contributed by atoms with Crippen molar-refractivity contribution >= 4 is 11.9 Å². The predicted octanol–water partition coefficient (Wildman–Crippen LogP) is 2.17. The standard InChI is InChI=1S/C16H14O5/c17-13-5-1-3-11(7-13)10-16(20)21-14-6-2-4-12(8-14)9-15(18)19/h1-8,17H,9-10H2,(H,18,19). The number of hydrogen-bond acceptors (Lipinski definition) is 4. The summed E-state index contributed by atoms with van der Waals surface area (Å²) in [6, 6.07) is 12.8. The lowest BCUT2D eigenvalue weighted by atomic mass is 10.1. The second-order valence-electron chi connectivity index (χ2n) is 4.54. The summed E-state index contributed by atoms with van der Waals surface area (Å²) < 4.78 is 5.17. The first-order valence-corrected chi connectivity index (χ1v) is 6.32. The van der Waals surface area contributed by atoms with Crippen LogP contribution in [-0.4, -0.2) is 22.2 Å². The third-order valence-electron chi connectivity index (χ3n) is 2.74. The first-order chi connectivity index (χ1) is 10.0. The highest BCUT2D eigenvalue weighted by Crippen LogP contribution is 2.16. The van der Waals surface area contributed by atoms with E-state index in [1.807, 2.05) is 0 Å². The maximum atomic E-state index is 11.8. The van der Waals surface area contributed by atoms with Crippen LogP contribution in [0, 0.1) is 0 Å². The quantitative estimate of drug-likeness (QED) is 0.650. The molecular formula is C16H14O5. The van der Waals surface area contributed by atoms with Gasteiger partial charge >= 0.3 is 11.9 Å². The Morgan fingerprint density at radius 2 is 1.62 bits per heavy atom. The highest BCUT2D eigenvalue weighted by Gasteiger charge is 2.08. The van der Waals surface area contributed by atoms with Crippen LogP contribution in [0.15, 0.2) is 48.5 Å². The fraction of sp³-hybridized carbons (Fsp3) is 0.125. The largest absolute Gasteiger partial charge is 0.508 e. The van der Waals surface area contributed by atoms with E-state index in [1.54, 1.807) is 30.3 Å². The van der Waals surface area contributed by atoms with Gasteiger partial charge < -0.3 is 14.9 Å². The number of esters is 1. The second kappa shape index (κ2) is 6.56. The molecule has 0 spiro atoms. The summed E-state index contributed by atoms with van der Waals surface area (Å²) in [4.78, 5) is 22.5. The van der Waals surface area contributed by atoms with Crippen LogP contribution < -0.4 is 4.74 Å². The molecule has 0 saturated carbocycles. The summed E-state index contributed by atoms with van der Waals surface area (Å²) in [6.45, 7) is 0. The Hall–Kier alpha value is -2.82. The van der Waals surface area contributed by atoms with Crippen LogP contribution in [0.3, 0.4) is 0 Å². The number of rotatable bonds is 5. The average Bonchev–Trinajstić information content (AvgIpc) is 2.37. The van der Waals surface area contributed by atoms with Crippen molar-refractivity contribution < 1.29 is 24.5 Å². The van der Waals surface area contributed by atoms with Crippen LogP contribution >= 0.6 is 0 Å². The summed E-state index contributed by atoms with van der Waals surface area (Å²) in [5, 5.41) is 18.1. The minimum absolute atomic E-state index is 0.0254. The van der Waals surface area contributed by atoms with Crippen LogP contribution in [0.4, 0.5) is 0 Å². The van der Waals surface area contributed by atoms with E-state index in [2.05, 4.69) is 0 Å². The van der Waals surface area contributed by atoms with E-state index < -0.39 is 11.9 Å². The van der Waals surface area contributed by atoms with Crippen molar-refractivity contribution in [2.75, 3.05) is 0 Å². The number of carboxylic acids is 1. The van der Waals surface area contributed by atoms with Gasteiger partial charge in [-0.2, -0.15) is 0 Å². The number of ether oxygens (including phenoxy) is 1. The molecule has 0 aromatic heterocycles. The van der Waals surface area contributed by atoms with Gasteiger partial charge in [0, 0.05) is 0 Å². The number of carbonyl (C=O) groups is 2. The fourth-order valence-electron chi connectivity index (χ4n) is 1.89. The van der Waals surface area contributed by atoms with Gasteiger partial charge in [-0.3, -0.25) is 9.59 Å². The zero-order chi connectivity index (χ0) is 15.2. The van der Waals surface area contributed by atoms with Crippen LogP contribution in [0.25, 0.3) is 0 Å². The molecule has 0 bridgehead atoms. The lowest BCUT2D eigenvalue weighted by Crippen LogP contribution is -2.11. The molecule has 0 amide bonds. The summed E-state index contributed by atoms with van der Waals surface area (Å²) in [7, 11) is 0.